The van der Waals surface area contributed by atoms with Crippen LogP contribution in [0.15, 0.2) is 12.1 Å². The number of ketones is 2. The van der Waals surface area contributed by atoms with Crippen molar-refractivity contribution >= 4 is 11.6 Å². The minimum Gasteiger partial charge on any atom is -0.381 e. The number of hydrogen-bond donors (Lipinski definition) is 0. The molecule has 2 fully saturated rings. The van der Waals surface area contributed by atoms with Gasteiger partial charge in [-0.1, -0.05) is 17.7 Å². The fraction of sp³-hybridized carbons (Fsp3) is 0.579. The van der Waals surface area contributed by atoms with Gasteiger partial charge in [0, 0.05) is 26.1 Å². The summed E-state index contributed by atoms with van der Waals surface area (Å²) in [6.07, 6.45) is 2.73. The van der Waals surface area contributed by atoms with Crippen molar-refractivity contribution in [2.24, 2.45) is 5.41 Å². The second kappa shape index (κ2) is 5.62. The monoisotopic (exact) mass is 300 g/mol. The van der Waals surface area contributed by atoms with E-state index >= 15 is 0 Å². The molecule has 1 spiro atoms. The van der Waals surface area contributed by atoms with Crippen LogP contribution >= 0.6 is 0 Å². The maximum absolute atomic E-state index is 12.8. The molecule has 0 radical (unpaired) electrons. The predicted molar refractivity (Wildman–Crippen MR) is 85.1 cm³/mol. The molecule has 1 heterocycles. The molecule has 1 aliphatic heterocycles. The molecule has 1 saturated heterocycles. The summed E-state index contributed by atoms with van der Waals surface area (Å²) >= 11 is 0. The van der Waals surface area contributed by atoms with E-state index in [9.17, 15) is 9.59 Å². The Kier molecular flexibility index (Phi) is 3.94. The van der Waals surface area contributed by atoms with Crippen LogP contribution in [0.4, 0.5) is 0 Å². The van der Waals surface area contributed by atoms with Crippen LogP contribution in [0, 0.1) is 26.2 Å². The molecule has 1 aromatic rings. The van der Waals surface area contributed by atoms with Gasteiger partial charge in [-0.2, -0.15) is 0 Å². The number of hydrogen-bond acceptors (Lipinski definition) is 3. The number of benzene rings is 1. The van der Waals surface area contributed by atoms with Crippen LogP contribution in [0.3, 0.4) is 0 Å². The van der Waals surface area contributed by atoms with Gasteiger partial charge >= 0.3 is 0 Å². The van der Waals surface area contributed by atoms with Crippen LogP contribution < -0.4 is 0 Å². The number of carbonyl (C=O) groups is 2. The van der Waals surface area contributed by atoms with E-state index in [4.69, 9.17) is 4.74 Å². The molecule has 1 aliphatic carbocycles. The molecule has 1 aromatic carbocycles. The zero-order valence-corrected chi connectivity index (χ0v) is 13.7. The molecule has 118 valence electrons. The zero-order chi connectivity index (χ0) is 15.9. The highest BCUT2D eigenvalue weighted by atomic mass is 16.5. The molecule has 3 heteroatoms. The van der Waals surface area contributed by atoms with Crippen molar-refractivity contribution < 1.29 is 14.3 Å². The lowest BCUT2D eigenvalue weighted by Crippen LogP contribution is -2.42. The number of Topliss-reactive ketones (excluding diaryl/α,β-unsaturated/α-hetero) is 2. The first-order valence-corrected chi connectivity index (χ1v) is 8.13. The number of ether oxygens (including phenoxy) is 1. The summed E-state index contributed by atoms with van der Waals surface area (Å²) in [5.41, 5.74) is 4.12. The highest BCUT2D eigenvalue weighted by Crippen LogP contribution is 2.46. The van der Waals surface area contributed by atoms with Crippen molar-refractivity contribution in [1.29, 1.82) is 0 Å². The van der Waals surface area contributed by atoms with Crippen molar-refractivity contribution in [3.8, 4) is 0 Å². The topological polar surface area (TPSA) is 43.4 Å². The molecule has 22 heavy (non-hydrogen) atoms. The highest BCUT2D eigenvalue weighted by Gasteiger charge is 2.46. The van der Waals surface area contributed by atoms with Gasteiger partial charge in [0.15, 0.2) is 0 Å². The van der Waals surface area contributed by atoms with E-state index in [-0.39, 0.29) is 17.0 Å². The van der Waals surface area contributed by atoms with Crippen LogP contribution in [0.1, 0.15) is 53.9 Å². The van der Waals surface area contributed by atoms with Crippen molar-refractivity contribution in [1.82, 2.24) is 0 Å². The number of carbonyl (C=O) groups excluding carboxylic acids is 2. The largest absolute Gasteiger partial charge is 0.381 e. The lowest BCUT2D eigenvalue weighted by molar-refractivity contribution is -0.139. The van der Waals surface area contributed by atoms with E-state index in [1.807, 2.05) is 20.8 Å². The van der Waals surface area contributed by atoms with Crippen molar-refractivity contribution in [2.75, 3.05) is 13.2 Å². The Morgan fingerprint density at radius 3 is 1.95 bits per heavy atom. The Hall–Kier alpha value is -1.48. The van der Waals surface area contributed by atoms with E-state index in [2.05, 4.69) is 12.1 Å². The van der Waals surface area contributed by atoms with Crippen LogP contribution in [0.25, 0.3) is 0 Å². The Morgan fingerprint density at radius 2 is 1.45 bits per heavy atom. The summed E-state index contributed by atoms with van der Waals surface area (Å²) in [7, 11) is 0. The van der Waals surface area contributed by atoms with E-state index in [0.717, 1.165) is 29.5 Å². The molecule has 3 rings (SSSR count). The molecule has 3 nitrogen and oxygen atoms in total. The average molecular weight is 300 g/mol. The van der Waals surface area contributed by atoms with Gasteiger partial charge in [0.25, 0.3) is 0 Å². The highest BCUT2D eigenvalue weighted by molar-refractivity contribution is 6.10. The SMILES string of the molecule is Cc1cc(C)c(C2C(=O)CC3(CCOCC3)CC2=O)c(C)c1. The van der Waals surface area contributed by atoms with Gasteiger partial charge in [-0.25, -0.2) is 0 Å². The third-order valence-electron chi connectivity index (χ3n) is 5.32. The molecule has 2 aliphatic rings. The van der Waals surface area contributed by atoms with Gasteiger partial charge in [0.2, 0.25) is 0 Å². The van der Waals surface area contributed by atoms with Gasteiger partial charge < -0.3 is 4.74 Å². The Morgan fingerprint density at radius 1 is 0.955 bits per heavy atom. The van der Waals surface area contributed by atoms with Crippen molar-refractivity contribution in [2.45, 2.75) is 52.4 Å². The normalized spacial score (nSPS) is 22.3. The summed E-state index contributed by atoms with van der Waals surface area (Å²) < 4.78 is 5.41. The van der Waals surface area contributed by atoms with Crippen LogP contribution in [-0.4, -0.2) is 24.8 Å². The summed E-state index contributed by atoms with van der Waals surface area (Å²) in [6, 6.07) is 4.14. The quantitative estimate of drug-likeness (QED) is 0.746. The molecule has 0 N–H and O–H groups in total. The Labute approximate surface area is 132 Å². The minimum absolute atomic E-state index is 0.105. The van der Waals surface area contributed by atoms with E-state index in [0.29, 0.717) is 26.1 Å². The molecule has 0 bridgehead atoms. The van der Waals surface area contributed by atoms with Crippen LogP contribution in [0.2, 0.25) is 0 Å². The van der Waals surface area contributed by atoms with Crippen molar-refractivity contribution in [3.05, 3.63) is 34.4 Å². The molecule has 0 amide bonds. The Bertz CT molecular complexity index is 581. The van der Waals surface area contributed by atoms with Gasteiger partial charge in [0.1, 0.15) is 17.5 Å². The van der Waals surface area contributed by atoms with E-state index in [1.165, 1.54) is 5.56 Å². The van der Waals surface area contributed by atoms with Crippen LogP contribution in [-0.2, 0) is 14.3 Å². The van der Waals surface area contributed by atoms with Crippen molar-refractivity contribution in [3.63, 3.8) is 0 Å². The molecule has 0 atom stereocenters. The van der Waals surface area contributed by atoms with E-state index < -0.39 is 5.92 Å². The minimum atomic E-state index is -0.547. The van der Waals surface area contributed by atoms with Gasteiger partial charge in [-0.15, -0.1) is 0 Å². The maximum atomic E-state index is 12.8. The summed E-state index contributed by atoms with van der Waals surface area (Å²) in [5, 5.41) is 0. The van der Waals surface area contributed by atoms with Gasteiger partial charge in [-0.05, 0) is 55.7 Å². The fourth-order valence-electron chi connectivity index (χ4n) is 4.31. The standard InChI is InChI=1S/C19H24O3/c1-12-8-13(2)17(14(3)9-12)18-15(20)10-19(11-16(18)21)4-6-22-7-5-19/h8-9,18H,4-7,10-11H2,1-3H3. The lowest BCUT2D eigenvalue weighted by Gasteiger charge is -2.41. The average Bonchev–Trinajstić information content (AvgIpc) is 2.41. The third kappa shape index (κ3) is 2.63. The first kappa shape index (κ1) is 15.4. The van der Waals surface area contributed by atoms with Gasteiger partial charge in [-0.3, -0.25) is 9.59 Å². The maximum Gasteiger partial charge on any atom is 0.148 e. The summed E-state index contributed by atoms with van der Waals surface area (Å²) in [5.74, 6) is -0.338. The molecular weight excluding hydrogens is 276 g/mol. The third-order valence-corrected chi connectivity index (χ3v) is 5.32. The molecule has 0 unspecified atom stereocenters. The first-order valence-electron chi connectivity index (χ1n) is 8.13. The van der Waals surface area contributed by atoms with Gasteiger partial charge in [0.05, 0.1) is 0 Å². The molecule has 0 aromatic heterocycles. The fourth-order valence-corrected chi connectivity index (χ4v) is 4.31. The lowest BCUT2D eigenvalue weighted by atomic mass is 9.63. The number of rotatable bonds is 1. The second-order valence-electron chi connectivity index (χ2n) is 7.14. The zero-order valence-electron chi connectivity index (χ0n) is 13.7. The summed E-state index contributed by atoms with van der Waals surface area (Å²) in [6.45, 7) is 7.41. The second-order valence-corrected chi connectivity index (χ2v) is 7.14. The predicted octanol–water partition coefficient (Wildman–Crippen LogP) is 3.42. The van der Waals surface area contributed by atoms with Crippen LogP contribution in [0.5, 0.6) is 0 Å². The summed E-state index contributed by atoms with van der Waals surface area (Å²) in [4.78, 5) is 25.6. The van der Waals surface area contributed by atoms with E-state index in [1.54, 1.807) is 0 Å². The first-order chi connectivity index (χ1) is 10.4. The smallest absolute Gasteiger partial charge is 0.148 e. The molecular formula is C19H24O3. The Balaban J connectivity index is 1.94. The molecule has 1 saturated carbocycles. The number of aryl methyl sites for hydroxylation is 3.